The molecule has 0 unspecified atom stereocenters. The van der Waals surface area contributed by atoms with Gasteiger partial charge in [0, 0.05) is 6.07 Å². The molecule has 0 saturated carbocycles. The summed E-state index contributed by atoms with van der Waals surface area (Å²) in [5.74, 6) is -1.28. The van der Waals surface area contributed by atoms with Crippen LogP contribution in [0.25, 0.3) is 0 Å². The summed E-state index contributed by atoms with van der Waals surface area (Å²) in [5, 5.41) is 5.80. The van der Waals surface area contributed by atoms with E-state index in [0.717, 1.165) is 0 Å². The number of nitrogens with one attached hydrogen (secondary N) is 1. The summed E-state index contributed by atoms with van der Waals surface area (Å²) in [4.78, 5) is 21.3. The number of nitrogens with two attached hydrogens (primary N) is 1. The normalized spacial score (nSPS) is 9.42. The van der Waals surface area contributed by atoms with Crippen molar-refractivity contribution in [2.24, 2.45) is 5.73 Å². The van der Waals surface area contributed by atoms with Crippen molar-refractivity contribution in [1.29, 1.82) is 0 Å². The molecule has 0 bridgehead atoms. The van der Waals surface area contributed by atoms with Crippen molar-refractivity contribution in [2.75, 3.05) is 7.11 Å². The molecule has 0 fully saturated rings. The summed E-state index contributed by atoms with van der Waals surface area (Å²) in [6.07, 6.45) is 0. The van der Waals surface area contributed by atoms with Crippen LogP contribution in [0.15, 0.2) is 6.07 Å². The fourth-order valence-corrected chi connectivity index (χ4v) is 0.662. The van der Waals surface area contributed by atoms with Crippen molar-refractivity contribution in [2.45, 2.75) is 0 Å². The molecule has 0 aliphatic rings. The van der Waals surface area contributed by atoms with E-state index in [9.17, 15) is 9.59 Å². The molecular weight excluding hydrogens is 162 g/mol. The maximum atomic E-state index is 10.8. The molecule has 3 N–H and O–H groups in total. The Morgan fingerprint density at radius 3 is 2.75 bits per heavy atom. The van der Waals surface area contributed by atoms with Gasteiger partial charge in [0.15, 0.2) is 5.69 Å². The van der Waals surface area contributed by atoms with Gasteiger partial charge in [-0.05, 0) is 0 Å². The van der Waals surface area contributed by atoms with Crippen molar-refractivity contribution in [3.05, 3.63) is 17.5 Å². The summed E-state index contributed by atoms with van der Waals surface area (Å²) in [6.45, 7) is 0. The summed E-state index contributed by atoms with van der Waals surface area (Å²) in [5.41, 5.74) is 5.01. The molecule has 1 rings (SSSR count). The van der Waals surface area contributed by atoms with Gasteiger partial charge in [-0.2, -0.15) is 5.10 Å². The lowest BCUT2D eigenvalue weighted by Crippen LogP contribution is -2.11. The zero-order valence-corrected chi connectivity index (χ0v) is 6.33. The lowest BCUT2D eigenvalue weighted by atomic mass is 10.3. The van der Waals surface area contributed by atoms with Gasteiger partial charge in [-0.1, -0.05) is 0 Å². The Labute approximate surface area is 67.7 Å². The standard InChI is InChI=1S/C6H7N3O3/c1-12-6(11)4-2-3(5(7)10)8-9-4/h2H,1H3,(H2,7,10)(H,8,9). The Morgan fingerprint density at radius 1 is 1.67 bits per heavy atom. The van der Waals surface area contributed by atoms with E-state index in [0.29, 0.717) is 0 Å². The number of amides is 1. The molecule has 0 radical (unpaired) electrons. The number of hydrogen-bond acceptors (Lipinski definition) is 4. The number of aromatic amines is 1. The molecule has 6 nitrogen and oxygen atoms in total. The van der Waals surface area contributed by atoms with E-state index in [4.69, 9.17) is 5.73 Å². The lowest BCUT2D eigenvalue weighted by Gasteiger charge is -1.90. The van der Waals surface area contributed by atoms with Crippen molar-refractivity contribution < 1.29 is 14.3 Å². The summed E-state index contributed by atoms with van der Waals surface area (Å²) >= 11 is 0. The lowest BCUT2D eigenvalue weighted by molar-refractivity contribution is 0.0594. The molecule has 0 aliphatic heterocycles. The fraction of sp³-hybridized carbons (Fsp3) is 0.167. The number of methoxy groups -OCH3 is 1. The molecule has 1 heterocycles. The average Bonchev–Trinajstić information content (AvgIpc) is 2.51. The first-order valence-electron chi connectivity index (χ1n) is 3.08. The van der Waals surface area contributed by atoms with E-state index in [-0.39, 0.29) is 11.4 Å². The molecule has 6 heteroatoms. The maximum absolute atomic E-state index is 10.8. The van der Waals surface area contributed by atoms with Gasteiger partial charge in [-0.15, -0.1) is 0 Å². The topological polar surface area (TPSA) is 98.1 Å². The van der Waals surface area contributed by atoms with Crippen LogP contribution in [-0.4, -0.2) is 29.2 Å². The predicted molar refractivity (Wildman–Crippen MR) is 38.4 cm³/mol. The Balaban J connectivity index is 2.91. The second-order valence-electron chi connectivity index (χ2n) is 2.02. The number of ether oxygens (including phenoxy) is 1. The number of nitrogens with zero attached hydrogens (tertiary/aromatic N) is 1. The zero-order valence-electron chi connectivity index (χ0n) is 6.33. The first kappa shape index (κ1) is 8.25. The molecule has 0 aliphatic carbocycles. The molecule has 1 aromatic rings. The van der Waals surface area contributed by atoms with E-state index >= 15 is 0 Å². The minimum Gasteiger partial charge on any atom is -0.464 e. The molecule has 12 heavy (non-hydrogen) atoms. The smallest absolute Gasteiger partial charge is 0.356 e. The minimum atomic E-state index is -0.693. The molecular formula is C6H7N3O3. The number of esters is 1. The predicted octanol–water partition coefficient (Wildman–Crippen LogP) is -0.705. The second-order valence-corrected chi connectivity index (χ2v) is 2.02. The number of hydrogen-bond donors (Lipinski definition) is 2. The Kier molecular flexibility index (Phi) is 2.09. The van der Waals surface area contributed by atoms with Gasteiger partial charge in [0.2, 0.25) is 0 Å². The number of rotatable bonds is 2. The summed E-state index contributed by atoms with van der Waals surface area (Å²) in [7, 11) is 1.23. The molecule has 1 aromatic heterocycles. The highest BCUT2D eigenvalue weighted by Gasteiger charge is 2.11. The van der Waals surface area contributed by atoms with Crippen LogP contribution < -0.4 is 5.73 Å². The van der Waals surface area contributed by atoms with Crippen LogP contribution in [-0.2, 0) is 4.74 Å². The van der Waals surface area contributed by atoms with Crippen molar-refractivity contribution >= 4 is 11.9 Å². The van der Waals surface area contributed by atoms with Crippen LogP contribution in [0.4, 0.5) is 0 Å². The number of aromatic nitrogens is 2. The van der Waals surface area contributed by atoms with Gasteiger partial charge < -0.3 is 10.5 Å². The first-order valence-corrected chi connectivity index (χ1v) is 3.08. The van der Waals surface area contributed by atoms with E-state index < -0.39 is 11.9 Å². The third kappa shape index (κ3) is 1.42. The van der Waals surface area contributed by atoms with Gasteiger partial charge in [0.05, 0.1) is 7.11 Å². The van der Waals surface area contributed by atoms with Crippen LogP contribution in [0.2, 0.25) is 0 Å². The third-order valence-electron chi connectivity index (χ3n) is 1.24. The minimum absolute atomic E-state index is 0.00963. The Morgan fingerprint density at radius 2 is 2.33 bits per heavy atom. The zero-order chi connectivity index (χ0) is 9.14. The third-order valence-corrected chi connectivity index (χ3v) is 1.24. The van der Waals surface area contributed by atoms with E-state index in [1.54, 1.807) is 0 Å². The molecule has 0 atom stereocenters. The fourth-order valence-electron chi connectivity index (χ4n) is 0.662. The van der Waals surface area contributed by atoms with Crippen molar-refractivity contribution in [3.8, 4) is 0 Å². The number of primary amides is 1. The van der Waals surface area contributed by atoms with Gasteiger partial charge in [0.1, 0.15) is 5.69 Å². The largest absolute Gasteiger partial charge is 0.464 e. The van der Waals surface area contributed by atoms with Crippen LogP contribution in [0.5, 0.6) is 0 Å². The van der Waals surface area contributed by atoms with Crippen molar-refractivity contribution in [1.82, 2.24) is 10.2 Å². The number of carbonyl (C=O) groups is 2. The van der Waals surface area contributed by atoms with Crippen LogP contribution in [0, 0.1) is 0 Å². The Bertz CT molecular complexity index is 318. The molecule has 0 aromatic carbocycles. The van der Waals surface area contributed by atoms with Gasteiger partial charge in [-0.25, -0.2) is 4.79 Å². The number of carbonyl (C=O) groups excluding carboxylic acids is 2. The van der Waals surface area contributed by atoms with E-state index in [1.165, 1.54) is 13.2 Å². The van der Waals surface area contributed by atoms with Crippen LogP contribution >= 0.6 is 0 Å². The molecule has 1 amide bonds. The quantitative estimate of drug-likeness (QED) is 0.571. The van der Waals surface area contributed by atoms with E-state index in [2.05, 4.69) is 14.9 Å². The van der Waals surface area contributed by atoms with Crippen LogP contribution in [0.1, 0.15) is 21.0 Å². The first-order chi connectivity index (χ1) is 5.65. The monoisotopic (exact) mass is 169 g/mol. The Hall–Kier alpha value is -1.85. The SMILES string of the molecule is COC(=O)c1cc(C(N)=O)n[nH]1. The van der Waals surface area contributed by atoms with Crippen molar-refractivity contribution in [3.63, 3.8) is 0 Å². The van der Waals surface area contributed by atoms with E-state index in [1.807, 2.05) is 0 Å². The molecule has 0 saturated heterocycles. The second kappa shape index (κ2) is 3.04. The van der Waals surface area contributed by atoms with Gasteiger partial charge in [-0.3, -0.25) is 9.89 Å². The maximum Gasteiger partial charge on any atom is 0.356 e. The molecule has 64 valence electrons. The molecule has 0 spiro atoms. The summed E-state index contributed by atoms with van der Waals surface area (Å²) < 4.78 is 4.37. The highest BCUT2D eigenvalue weighted by molar-refractivity contribution is 5.94. The van der Waals surface area contributed by atoms with Gasteiger partial charge >= 0.3 is 5.97 Å². The summed E-state index contributed by atoms with van der Waals surface area (Å²) in [6, 6.07) is 1.23. The highest BCUT2D eigenvalue weighted by atomic mass is 16.5. The number of H-pyrrole nitrogens is 1. The van der Waals surface area contributed by atoms with Gasteiger partial charge in [0.25, 0.3) is 5.91 Å². The van der Waals surface area contributed by atoms with Crippen LogP contribution in [0.3, 0.4) is 0 Å². The average molecular weight is 169 g/mol. The highest BCUT2D eigenvalue weighted by Crippen LogP contribution is 1.99.